The Morgan fingerprint density at radius 2 is 1.75 bits per heavy atom. The van der Waals surface area contributed by atoms with E-state index in [0.29, 0.717) is 26.2 Å². The topological polar surface area (TPSA) is 112 Å². The number of rotatable bonds is 8. The molecule has 0 radical (unpaired) electrons. The molecular weight excluding hydrogens is 469 g/mol. The summed E-state index contributed by atoms with van der Waals surface area (Å²) in [5, 5.41) is 21.7. The summed E-state index contributed by atoms with van der Waals surface area (Å²) in [5.74, 6) is -1.40. The number of nitrogens with one attached hydrogen (secondary N) is 1. The Kier molecular flexibility index (Phi) is 9.11. The number of anilines is 2. The van der Waals surface area contributed by atoms with Crippen molar-refractivity contribution in [3.05, 3.63) is 59.4 Å². The lowest BCUT2D eigenvalue weighted by atomic mass is 10.1. The monoisotopic (exact) mass is 503 g/mol. The molecule has 2 aromatic rings. The van der Waals surface area contributed by atoms with Gasteiger partial charge < -0.3 is 34.8 Å². The van der Waals surface area contributed by atoms with Gasteiger partial charge in [0.2, 0.25) is 0 Å². The van der Waals surface area contributed by atoms with Crippen LogP contribution in [0.15, 0.2) is 42.5 Å². The number of esters is 1. The first-order valence-electron chi connectivity index (χ1n) is 11.9. The molecule has 1 amide bonds. The predicted octanol–water partition coefficient (Wildman–Crippen LogP) is 3.00. The lowest BCUT2D eigenvalue weighted by molar-refractivity contribution is 0.0240. The molecule has 1 fully saturated rings. The molecule has 1 atom stereocenters. The van der Waals surface area contributed by atoms with Crippen molar-refractivity contribution in [3.8, 4) is 0 Å². The van der Waals surface area contributed by atoms with E-state index in [1.165, 1.54) is 12.1 Å². The van der Waals surface area contributed by atoms with Crippen molar-refractivity contribution < 1.29 is 33.7 Å². The largest absolute Gasteiger partial charge is 0.457 e. The Bertz CT molecular complexity index is 1040. The van der Waals surface area contributed by atoms with Gasteiger partial charge in [-0.15, -0.1) is 0 Å². The highest BCUT2D eigenvalue weighted by atomic mass is 19.1. The molecule has 3 rings (SSSR count). The fourth-order valence-electron chi connectivity index (χ4n) is 3.69. The molecule has 1 heterocycles. The van der Waals surface area contributed by atoms with Crippen LogP contribution < -0.4 is 10.2 Å². The summed E-state index contributed by atoms with van der Waals surface area (Å²) in [6, 6.07) is 12.1. The van der Waals surface area contributed by atoms with Crippen LogP contribution in [0.3, 0.4) is 0 Å². The van der Waals surface area contributed by atoms with Crippen LogP contribution in [0.5, 0.6) is 0 Å². The van der Waals surface area contributed by atoms with Crippen molar-refractivity contribution in [2.75, 3.05) is 49.5 Å². The number of amides is 1. The van der Waals surface area contributed by atoms with Crippen LogP contribution >= 0.6 is 0 Å². The molecule has 0 bridgehead atoms. The summed E-state index contributed by atoms with van der Waals surface area (Å²) in [4.78, 5) is 28.5. The first-order chi connectivity index (χ1) is 17.1. The zero-order chi connectivity index (χ0) is 26.3. The van der Waals surface area contributed by atoms with E-state index in [1.54, 1.807) is 30.6 Å². The van der Waals surface area contributed by atoms with E-state index in [2.05, 4.69) is 5.32 Å². The van der Waals surface area contributed by atoms with Gasteiger partial charge in [-0.3, -0.25) is 0 Å². The second-order valence-corrected chi connectivity index (χ2v) is 9.55. The zero-order valence-electron chi connectivity index (χ0n) is 20.9. The van der Waals surface area contributed by atoms with E-state index in [4.69, 9.17) is 14.6 Å². The van der Waals surface area contributed by atoms with Gasteiger partial charge in [0, 0.05) is 32.7 Å². The van der Waals surface area contributed by atoms with Crippen LogP contribution in [0.4, 0.5) is 20.6 Å². The number of ether oxygens (including phenoxy) is 2. The highest BCUT2D eigenvalue weighted by Gasteiger charge is 2.29. The van der Waals surface area contributed by atoms with Gasteiger partial charge in [-0.2, -0.15) is 0 Å². The zero-order valence-corrected chi connectivity index (χ0v) is 20.9. The quantitative estimate of drug-likeness (QED) is 0.472. The summed E-state index contributed by atoms with van der Waals surface area (Å²) in [5.41, 5.74) is 0.290. The number of aliphatic hydroxyl groups excluding tert-OH is 2. The number of carbonyl (C=O) groups is 2. The van der Waals surface area contributed by atoms with E-state index in [-0.39, 0.29) is 30.1 Å². The van der Waals surface area contributed by atoms with E-state index in [0.717, 1.165) is 5.56 Å². The lowest BCUT2D eigenvalue weighted by Gasteiger charge is -2.37. The van der Waals surface area contributed by atoms with Crippen molar-refractivity contribution in [1.82, 2.24) is 4.90 Å². The minimum atomic E-state index is -1.14. The van der Waals surface area contributed by atoms with Gasteiger partial charge in [0.1, 0.15) is 12.2 Å². The molecular formula is C26H34FN3O6. The lowest BCUT2D eigenvalue weighted by Crippen LogP contribution is -2.50. The molecule has 1 aliphatic rings. The van der Waals surface area contributed by atoms with Crippen molar-refractivity contribution in [2.24, 2.45) is 0 Å². The number of piperazine rings is 1. The molecule has 9 nitrogen and oxygen atoms in total. The Balaban J connectivity index is 1.76. The number of benzene rings is 2. The Morgan fingerprint density at radius 1 is 1.08 bits per heavy atom. The number of hydrogen-bond acceptors (Lipinski definition) is 8. The second kappa shape index (κ2) is 12.0. The Morgan fingerprint density at radius 3 is 2.36 bits per heavy atom. The molecule has 2 aromatic carbocycles. The van der Waals surface area contributed by atoms with Gasteiger partial charge in [0.15, 0.2) is 5.82 Å². The smallest absolute Gasteiger partial charge is 0.410 e. The number of nitrogens with zero attached hydrogens (tertiary/aromatic N) is 2. The van der Waals surface area contributed by atoms with Gasteiger partial charge in [-0.1, -0.05) is 30.3 Å². The van der Waals surface area contributed by atoms with Crippen molar-refractivity contribution in [1.29, 1.82) is 0 Å². The summed E-state index contributed by atoms with van der Waals surface area (Å²) >= 11 is 0. The highest BCUT2D eigenvalue weighted by molar-refractivity contribution is 5.97. The van der Waals surface area contributed by atoms with Crippen LogP contribution in [-0.4, -0.2) is 78.2 Å². The summed E-state index contributed by atoms with van der Waals surface area (Å²) in [6.07, 6.45) is -1.56. The van der Waals surface area contributed by atoms with Crippen LogP contribution in [0.25, 0.3) is 0 Å². The van der Waals surface area contributed by atoms with Gasteiger partial charge in [0.25, 0.3) is 0 Å². The van der Waals surface area contributed by atoms with Crippen molar-refractivity contribution in [2.45, 2.75) is 39.1 Å². The van der Waals surface area contributed by atoms with Crippen LogP contribution in [0.1, 0.15) is 36.7 Å². The molecule has 0 saturated carbocycles. The first-order valence-corrected chi connectivity index (χ1v) is 11.9. The first kappa shape index (κ1) is 27.2. The number of halogens is 1. The fraction of sp³-hybridized carbons (Fsp3) is 0.462. The third-order valence-electron chi connectivity index (χ3n) is 5.55. The van der Waals surface area contributed by atoms with Gasteiger partial charge in [-0.05, 0) is 38.5 Å². The molecule has 0 spiro atoms. The van der Waals surface area contributed by atoms with Gasteiger partial charge in [0.05, 0.1) is 29.6 Å². The fourth-order valence-corrected chi connectivity index (χ4v) is 3.69. The third kappa shape index (κ3) is 7.32. The number of hydrogen-bond donors (Lipinski definition) is 3. The molecule has 1 saturated heterocycles. The molecule has 1 unspecified atom stereocenters. The van der Waals surface area contributed by atoms with E-state index in [9.17, 15) is 14.7 Å². The number of aliphatic hydroxyl groups is 2. The maximum absolute atomic E-state index is 15.7. The summed E-state index contributed by atoms with van der Waals surface area (Å²) in [6.45, 7) is 6.16. The molecule has 36 heavy (non-hydrogen) atoms. The minimum Gasteiger partial charge on any atom is -0.457 e. The molecule has 196 valence electrons. The number of carbonyl (C=O) groups excluding carboxylic acids is 2. The Hall–Kier alpha value is -3.37. The van der Waals surface area contributed by atoms with E-state index in [1.807, 2.05) is 30.3 Å². The highest BCUT2D eigenvalue weighted by Crippen LogP contribution is 2.31. The predicted molar refractivity (Wildman–Crippen MR) is 134 cm³/mol. The van der Waals surface area contributed by atoms with Crippen molar-refractivity contribution >= 4 is 23.4 Å². The third-order valence-corrected chi connectivity index (χ3v) is 5.55. The second-order valence-electron chi connectivity index (χ2n) is 9.55. The standard InChI is InChI=1S/C26H34FN3O6/c1-26(2,3)36-25(34)30-13-11-29(12-14-30)21-10-9-20(23(22(21)27)28-15-19(32)16-31)24(33)35-17-18-7-5-4-6-8-18/h4-10,19,28,31-32H,11-17H2,1-3H3. The molecule has 10 heteroatoms. The summed E-state index contributed by atoms with van der Waals surface area (Å²) in [7, 11) is 0. The van der Waals surface area contributed by atoms with Crippen LogP contribution in [-0.2, 0) is 16.1 Å². The average Bonchev–Trinajstić information content (AvgIpc) is 2.86. The van der Waals surface area contributed by atoms with E-state index < -0.39 is 36.2 Å². The molecule has 3 N–H and O–H groups in total. The van der Waals surface area contributed by atoms with E-state index >= 15 is 4.39 Å². The molecule has 0 aromatic heterocycles. The Labute approximate surface area is 210 Å². The molecule has 1 aliphatic heterocycles. The SMILES string of the molecule is CC(C)(C)OC(=O)N1CCN(c2ccc(C(=O)OCc3ccccc3)c(NCC(O)CO)c2F)CC1. The summed E-state index contributed by atoms with van der Waals surface area (Å²) < 4.78 is 26.5. The van der Waals surface area contributed by atoms with Gasteiger partial charge in [-0.25, -0.2) is 14.0 Å². The minimum absolute atomic E-state index is 0.0222. The maximum atomic E-state index is 15.7. The normalized spacial score (nSPS) is 14.8. The molecule has 0 aliphatic carbocycles. The van der Waals surface area contributed by atoms with Crippen molar-refractivity contribution in [3.63, 3.8) is 0 Å². The maximum Gasteiger partial charge on any atom is 0.410 e. The average molecular weight is 504 g/mol. The van der Waals surface area contributed by atoms with Crippen LogP contribution in [0.2, 0.25) is 0 Å². The van der Waals surface area contributed by atoms with Crippen LogP contribution in [0, 0.1) is 5.82 Å². The van der Waals surface area contributed by atoms with Gasteiger partial charge >= 0.3 is 12.1 Å².